The molecule has 11 nitrogen and oxygen atoms in total. The van der Waals surface area contributed by atoms with Crippen LogP contribution in [0.3, 0.4) is 0 Å². The van der Waals surface area contributed by atoms with E-state index in [9.17, 15) is 38.9 Å². The van der Waals surface area contributed by atoms with Crippen molar-refractivity contribution in [2.45, 2.75) is 47.5 Å². The zero-order valence-electron chi connectivity index (χ0n) is 27.7. The molecule has 0 heterocycles. The molecule has 0 aromatic heterocycles. The highest BCUT2D eigenvalue weighted by molar-refractivity contribution is 7.86. The Kier molecular flexibility index (Phi) is 11.2. The lowest BCUT2D eigenvalue weighted by Crippen LogP contribution is -2.19. The Bertz CT molecular complexity index is 2380. The fraction of sp³-hybridized carbons (Fsp3) is 0.162. The van der Waals surface area contributed by atoms with Crippen molar-refractivity contribution in [2.75, 3.05) is 11.9 Å². The minimum absolute atomic E-state index is 0.177. The molecule has 0 saturated carbocycles. The van der Waals surface area contributed by atoms with Crippen LogP contribution >= 0.6 is 0 Å². The lowest BCUT2D eigenvalue weighted by Gasteiger charge is -2.20. The van der Waals surface area contributed by atoms with E-state index in [1.807, 2.05) is 67.0 Å². The van der Waals surface area contributed by atoms with E-state index in [4.69, 9.17) is 0 Å². The number of nitrogens with one attached hydrogen (secondary N) is 1. The van der Waals surface area contributed by atoms with Gasteiger partial charge in [-0.05, 0) is 102 Å². The third-order valence-corrected chi connectivity index (χ3v) is 11.0. The average molecular weight is 750 g/mol. The van der Waals surface area contributed by atoms with Crippen LogP contribution in [-0.4, -0.2) is 55.7 Å². The second-order valence-corrected chi connectivity index (χ2v) is 16.1. The van der Waals surface area contributed by atoms with E-state index in [1.54, 1.807) is 36.4 Å². The molecule has 0 saturated heterocycles. The topological polar surface area (TPSA) is 178 Å². The predicted octanol–water partition coefficient (Wildman–Crippen LogP) is 6.59. The summed E-state index contributed by atoms with van der Waals surface area (Å²) in [5, 5.41) is 3.42. The van der Waals surface area contributed by atoms with E-state index in [0.29, 0.717) is 36.2 Å². The fourth-order valence-corrected chi connectivity index (χ4v) is 7.36. The van der Waals surface area contributed by atoms with Gasteiger partial charge in [-0.3, -0.25) is 13.7 Å². The number of anilines is 1. The van der Waals surface area contributed by atoms with Crippen LogP contribution in [0.25, 0.3) is 5.57 Å². The second kappa shape index (κ2) is 15.3. The summed E-state index contributed by atoms with van der Waals surface area (Å²) < 4.78 is 101. The predicted molar refractivity (Wildman–Crippen MR) is 196 cm³/mol. The van der Waals surface area contributed by atoms with E-state index in [2.05, 4.69) is 5.32 Å². The molecule has 0 radical (unpaired) electrons. The van der Waals surface area contributed by atoms with Crippen LogP contribution < -0.4 is 5.32 Å². The molecule has 4 aromatic carbocycles. The zero-order chi connectivity index (χ0) is 37.0. The molecule has 1 unspecified atom stereocenters. The number of benzene rings is 4. The van der Waals surface area contributed by atoms with Crippen LogP contribution in [0.4, 0.5) is 5.69 Å². The van der Waals surface area contributed by atoms with Crippen LogP contribution in [0.2, 0.25) is 0 Å². The molecule has 0 fully saturated rings. The molecule has 4 aromatic rings. The Morgan fingerprint density at radius 3 is 1.71 bits per heavy atom. The first kappa shape index (κ1) is 37.6. The summed E-state index contributed by atoms with van der Waals surface area (Å²) in [7, 11) is -13.1. The smallest absolute Gasteiger partial charge is 0.294 e. The molecule has 0 amide bonds. The van der Waals surface area contributed by atoms with Gasteiger partial charge in [0.2, 0.25) is 0 Å². The van der Waals surface area contributed by atoms with Gasteiger partial charge < -0.3 is 5.32 Å². The van der Waals surface area contributed by atoms with Gasteiger partial charge in [0.05, 0.1) is 20.7 Å². The molecular formula is C37H37N2O9S3+. The molecule has 0 aliphatic heterocycles. The summed E-state index contributed by atoms with van der Waals surface area (Å²) in [6, 6.07) is 25.5. The lowest BCUT2D eigenvalue weighted by molar-refractivity contribution is -0.539. The van der Waals surface area contributed by atoms with Crippen LogP contribution in [0.1, 0.15) is 48.6 Å². The Hall–Kier alpha value is -4.70. The van der Waals surface area contributed by atoms with Crippen LogP contribution in [0.15, 0.2) is 142 Å². The minimum Gasteiger partial charge on any atom is -0.378 e. The van der Waals surface area contributed by atoms with E-state index >= 15 is 0 Å². The maximum atomic E-state index is 11.8. The van der Waals surface area contributed by atoms with Crippen molar-refractivity contribution >= 4 is 47.3 Å². The van der Waals surface area contributed by atoms with E-state index < -0.39 is 30.4 Å². The van der Waals surface area contributed by atoms with Gasteiger partial charge in [0.15, 0.2) is 12.3 Å². The van der Waals surface area contributed by atoms with Crippen LogP contribution in [0, 0.1) is 0 Å². The molecular weight excluding hydrogens is 713 g/mol. The first-order valence-corrected chi connectivity index (χ1v) is 20.2. The van der Waals surface area contributed by atoms with Crippen molar-refractivity contribution in [3.05, 3.63) is 149 Å². The molecule has 14 heteroatoms. The van der Waals surface area contributed by atoms with Crippen molar-refractivity contribution in [1.29, 1.82) is 0 Å². The summed E-state index contributed by atoms with van der Waals surface area (Å²) >= 11 is 0. The van der Waals surface area contributed by atoms with E-state index in [1.165, 1.54) is 36.4 Å². The summed E-state index contributed by atoms with van der Waals surface area (Å²) in [5.74, 6) is 0. The van der Waals surface area contributed by atoms with Gasteiger partial charge in [0.25, 0.3) is 30.4 Å². The third-order valence-electron chi connectivity index (χ3n) is 8.39. The molecule has 0 spiro atoms. The monoisotopic (exact) mass is 749 g/mol. The first-order valence-electron chi connectivity index (χ1n) is 15.9. The van der Waals surface area contributed by atoms with Crippen molar-refractivity contribution in [3.63, 3.8) is 0 Å². The van der Waals surface area contributed by atoms with Crippen molar-refractivity contribution in [3.8, 4) is 0 Å². The quantitative estimate of drug-likeness (QED) is 0.0912. The molecule has 4 N–H and O–H groups in total. The van der Waals surface area contributed by atoms with Gasteiger partial charge in [-0.1, -0.05) is 55.5 Å². The van der Waals surface area contributed by atoms with Crippen molar-refractivity contribution in [2.24, 2.45) is 0 Å². The van der Waals surface area contributed by atoms with Crippen LogP contribution in [0.5, 0.6) is 0 Å². The highest BCUT2D eigenvalue weighted by Crippen LogP contribution is 2.32. The summed E-state index contributed by atoms with van der Waals surface area (Å²) in [4.78, 5) is -0.599. The third kappa shape index (κ3) is 9.35. The average Bonchev–Trinajstić information content (AvgIpc) is 3.10. The minimum atomic E-state index is -4.40. The Morgan fingerprint density at radius 1 is 0.647 bits per heavy atom. The van der Waals surface area contributed by atoms with E-state index in [0.717, 1.165) is 28.1 Å². The summed E-state index contributed by atoms with van der Waals surface area (Å²) in [6.45, 7) is 4.92. The SMILES string of the molecule is CCC(Nc1ccc(C(=C2C=CC(=[N+](CC)Cc3cccc(S(=O)(=O)O)c3)C=C2)c2ccc(S(=O)(=O)O)cc2)cc1)c1cccc(S(=O)(=O)O)c1. The Balaban J connectivity index is 1.49. The van der Waals surface area contributed by atoms with Crippen molar-refractivity contribution in [1.82, 2.24) is 0 Å². The molecule has 1 aliphatic rings. The van der Waals surface area contributed by atoms with E-state index in [-0.39, 0.29) is 20.7 Å². The zero-order valence-corrected chi connectivity index (χ0v) is 30.2. The molecule has 1 atom stereocenters. The molecule has 1 aliphatic carbocycles. The Labute approximate surface area is 298 Å². The van der Waals surface area contributed by atoms with Crippen LogP contribution in [-0.2, 0) is 36.9 Å². The van der Waals surface area contributed by atoms with Gasteiger partial charge >= 0.3 is 0 Å². The number of allylic oxidation sites excluding steroid dienone is 5. The maximum absolute atomic E-state index is 11.8. The summed E-state index contributed by atoms with van der Waals surface area (Å²) in [6.07, 6.45) is 8.35. The summed E-state index contributed by atoms with van der Waals surface area (Å²) in [5.41, 5.74) is 6.12. The lowest BCUT2D eigenvalue weighted by atomic mass is 9.90. The molecule has 266 valence electrons. The highest BCUT2D eigenvalue weighted by Gasteiger charge is 2.19. The molecule has 5 rings (SSSR count). The van der Waals surface area contributed by atoms with Crippen molar-refractivity contribution < 1.29 is 43.5 Å². The number of rotatable bonds is 12. The first-order chi connectivity index (χ1) is 24.1. The number of hydrogen-bond acceptors (Lipinski definition) is 7. The highest BCUT2D eigenvalue weighted by atomic mass is 32.2. The van der Waals surface area contributed by atoms with Gasteiger partial charge in [-0.15, -0.1) is 0 Å². The standard InChI is InChI=1S/C37H36N2O9S3/c1-3-36(30-8-6-10-35(24-30)51(46,47)48)38-31-17-11-27(12-18-31)37(29-15-21-33(22-16-29)49(40,41)42)28-13-19-32(20-14-28)39(4-2)25-26-7-5-9-34(23-26)50(43,44)45/h5-24,36H,3-4,25H2,1-2H3,(H3,40,41,42,43,44,45,46,47,48)/p+1. The molecule has 51 heavy (non-hydrogen) atoms. The van der Waals surface area contributed by atoms with Gasteiger partial charge in [-0.25, -0.2) is 4.58 Å². The Morgan fingerprint density at radius 2 is 1.18 bits per heavy atom. The maximum Gasteiger partial charge on any atom is 0.294 e. The normalized spacial score (nSPS) is 14.0. The number of hydrogen-bond donors (Lipinski definition) is 4. The fourth-order valence-electron chi connectivity index (χ4n) is 5.79. The van der Waals surface area contributed by atoms with Gasteiger partial charge in [0, 0.05) is 23.4 Å². The van der Waals surface area contributed by atoms with Gasteiger partial charge in [-0.2, -0.15) is 25.3 Å². The largest absolute Gasteiger partial charge is 0.378 e. The second-order valence-electron chi connectivity index (χ2n) is 11.8. The molecule has 0 bridgehead atoms. The van der Waals surface area contributed by atoms with Gasteiger partial charge in [0.1, 0.15) is 6.54 Å². The number of nitrogens with zero attached hydrogens (tertiary/aromatic N) is 1.